The van der Waals surface area contributed by atoms with Crippen molar-refractivity contribution in [1.29, 1.82) is 5.26 Å². The molecule has 0 atom stereocenters. The van der Waals surface area contributed by atoms with Gasteiger partial charge in [0.15, 0.2) is 0 Å². The lowest BCUT2D eigenvalue weighted by atomic mass is 10.1. The molecule has 0 unspecified atom stereocenters. The normalized spacial score (nSPS) is 10.5. The van der Waals surface area contributed by atoms with Gasteiger partial charge in [-0.05, 0) is 30.3 Å². The molecule has 1 aromatic heterocycles. The maximum atomic E-state index is 13.8. The highest BCUT2D eigenvalue weighted by Gasteiger charge is 2.08. The smallest absolute Gasteiger partial charge is 0.261 e. The fourth-order valence-electron chi connectivity index (χ4n) is 2.17. The van der Waals surface area contributed by atoms with E-state index in [9.17, 15) is 9.18 Å². The lowest BCUT2D eigenvalue weighted by Crippen LogP contribution is -2.21. The number of nitriles is 1. The van der Waals surface area contributed by atoms with Crippen LogP contribution in [0.5, 0.6) is 0 Å². The van der Waals surface area contributed by atoms with E-state index >= 15 is 0 Å². The summed E-state index contributed by atoms with van der Waals surface area (Å²) in [5.74, 6) is -0.450. The zero-order valence-corrected chi connectivity index (χ0v) is 11.0. The Labute approximate surface area is 119 Å². The standard InChI is InChI=1S/C16H10FN3O/c17-14-6-5-11(8-18)7-12(14)9-20-10-19-15-4-2-1-3-13(15)16(20)21/h1-7,10H,9H2. The van der Waals surface area contributed by atoms with E-state index in [1.54, 1.807) is 24.3 Å². The van der Waals surface area contributed by atoms with Gasteiger partial charge in [0, 0.05) is 5.56 Å². The summed E-state index contributed by atoms with van der Waals surface area (Å²) in [4.78, 5) is 16.5. The maximum absolute atomic E-state index is 13.8. The maximum Gasteiger partial charge on any atom is 0.261 e. The van der Waals surface area contributed by atoms with Gasteiger partial charge < -0.3 is 0 Å². The Balaban J connectivity index is 2.09. The molecule has 4 nitrogen and oxygen atoms in total. The van der Waals surface area contributed by atoms with Crippen molar-refractivity contribution in [2.45, 2.75) is 6.54 Å². The van der Waals surface area contributed by atoms with Gasteiger partial charge in [-0.2, -0.15) is 5.26 Å². The summed E-state index contributed by atoms with van der Waals surface area (Å²) >= 11 is 0. The van der Waals surface area contributed by atoms with E-state index in [4.69, 9.17) is 5.26 Å². The Morgan fingerprint density at radius 1 is 1.24 bits per heavy atom. The number of nitrogens with zero attached hydrogens (tertiary/aromatic N) is 3. The van der Waals surface area contributed by atoms with Crippen molar-refractivity contribution < 1.29 is 4.39 Å². The summed E-state index contributed by atoms with van der Waals surface area (Å²) in [6.07, 6.45) is 1.39. The van der Waals surface area contributed by atoms with E-state index in [1.807, 2.05) is 6.07 Å². The first-order valence-electron chi connectivity index (χ1n) is 6.32. The van der Waals surface area contributed by atoms with Crippen LogP contribution in [0.4, 0.5) is 4.39 Å². The molecule has 0 radical (unpaired) electrons. The number of benzene rings is 2. The summed E-state index contributed by atoms with van der Waals surface area (Å²) in [5.41, 5.74) is 1.01. The van der Waals surface area contributed by atoms with Gasteiger partial charge in [0.1, 0.15) is 5.82 Å². The van der Waals surface area contributed by atoms with E-state index in [0.717, 1.165) is 0 Å². The molecule has 21 heavy (non-hydrogen) atoms. The van der Waals surface area contributed by atoms with Crippen LogP contribution in [0.15, 0.2) is 53.6 Å². The monoisotopic (exact) mass is 279 g/mol. The first kappa shape index (κ1) is 13.0. The average Bonchev–Trinajstić information content (AvgIpc) is 2.52. The van der Waals surface area contributed by atoms with E-state index in [0.29, 0.717) is 16.5 Å². The molecule has 3 aromatic rings. The van der Waals surface area contributed by atoms with E-state index < -0.39 is 5.82 Å². The highest BCUT2D eigenvalue weighted by molar-refractivity contribution is 5.76. The number of para-hydroxylation sites is 1. The summed E-state index contributed by atoms with van der Waals surface area (Å²) < 4.78 is 15.1. The van der Waals surface area contributed by atoms with Crippen LogP contribution in [0.3, 0.4) is 0 Å². The van der Waals surface area contributed by atoms with Gasteiger partial charge in [-0.25, -0.2) is 9.37 Å². The van der Waals surface area contributed by atoms with Crippen molar-refractivity contribution in [3.63, 3.8) is 0 Å². The first-order chi connectivity index (χ1) is 10.2. The van der Waals surface area contributed by atoms with Crippen LogP contribution in [0.1, 0.15) is 11.1 Å². The quantitative estimate of drug-likeness (QED) is 0.724. The van der Waals surface area contributed by atoms with E-state index in [2.05, 4.69) is 4.98 Å². The SMILES string of the molecule is N#Cc1ccc(F)c(Cn2cnc3ccccc3c2=O)c1. The van der Waals surface area contributed by atoms with Crippen molar-refractivity contribution in [1.82, 2.24) is 9.55 Å². The highest BCUT2D eigenvalue weighted by atomic mass is 19.1. The second-order valence-electron chi connectivity index (χ2n) is 4.61. The third-order valence-electron chi connectivity index (χ3n) is 3.25. The molecule has 0 aliphatic heterocycles. The topological polar surface area (TPSA) is 58.7 Å². The molecule has 5 heteroatoms. The van der Waals surface area contributed by atoms with Gasteiger partial charge in [0.2, 0.25) is 0 Å². The van der Waals surface area contributed by atoms with Crippen LogP contribution in [-0.2, 0) is 6.54 Å². The molecular formula is C16H10FN3O. The molecule has 0 N–H and O–H groups in total. The summed E-state index contributed by atoms with van der Waals surface area (Å²) in [5, 5.41) is 9.34. The molecule has 0 fully saturated rings. The number of fused-ring (bicyclic) bond motifs is 1. The van der Waals surface area contributed by atoms with Crippen LogP contribution < -0.4 is 5.56 Å². The Morgan fingerprint density at radius 2 is 2.05 bits per heavy atom. The van der Waals surface area contributed by atoms with E-state index in [1.165, 1.54) is 29.1 Å². The van der Waals surface area contributed by atoms with Gasteiger partial charge in [0.25, 0.3) is 5.56 Å². The fraction of sp³-hybridized carbons (Fsp3) is 0.0625. The predicted octanol–water partition coefficient (Wildman–Crippen LogP) is 2.46. The number of rotatable bonds is 2. The van der Waals surface area contributed by atoms with Crippen LogP contribution in [0.25, 0.3) is 10.9 Å². The lowest BCUT2D eigenvalue weighted by Gasteiger charge is -2.08. The van der Waals surface area contributed by atoms with Crippen molar-refractivity contribution in [2.24, 2.45) is 0 Å². The molecule has 0 spiro atoms. The summed E-state index contributed by atoms with van der Waals surface area (Å²) in [6.45, 7) is 0.0397. The molecule has 3 rings (SSSR count). The number of hydrogen-bond donors (Lipinski definition) is 0. The van der Waals surface area contributed by atoms with Gasteiger partial charge >= 0.3 is 0 Å². The van der Waals surface area contributed by atoms with Crippen LogP contribution in [0, 0.1) is 17.1 Å². The molecular weight excluding hydrogens is 269 g/mol. The highest BCUT2D eigenvalue weighted by Crippen LogP contribution is 2.12. The van der Waals surface area contributed by atoms with Crippen LogP contribution in [0.2, 0.25) is 0 Å². The van der Waals surface area contributed by atoms with Gasteiger partial charge in [-0.15, -0.1) is 0 Å². The summed E-state index contributed by atoms with van der Waals surface area (Å²) in [6, 6.07) is 13.0. The fourth-order valence-corrected chi connectivity index (χ4v) is 2.17. The van der Waals surface area contributed by atoms with Crippen LogP contribution >= 0.6 is 0 Å². The van der Waals surface area contributed by atoms with Gasteiger partial charge in [-0.1, -0.05) is 12.1 Å². The molecule has 0 saturated carbocycles. The Hall–Kier alpha value is -3.00. The Morgan fingerprint density at radius 3 is 2.86 bits per heavy atom. The minimum atomic E-state index is -0.450. The number of halogens is 1. The van der Waals surface area contributed by atoms with Gasteiger partial charge in [0.05, 0.1) is 35.4 Å². The summed E-state index contributed by atoms with van der Waals surface area (Å²) in [7, 11) is 0. The third-order valence-corrected chi connectivity index (χ3v) is 3.25. The Kier molecular flexibility index (Phi) is 3.20. The van der Waals surface area contributed by atoms with Crippen LogP contribution in [-0.4, -0.2) is 9.55 Å². The molecule has 0 aliphatic carbocycles. The Bertz CT molecular complexity index is 925. The first-order valence-corrected chi connectivity index (χ1v) is 6.32. The molecule has 0 saturated heterocycles. The van der Waals surface area contributed by atoms with E-state index in [-0.39, 0.29) is 17.7 Å². The molecule has 0 amide bonds. The van der Waals surface area contributed by atoms with Gasteiger partial charge in [-0.3, -0.25) is 9.36 Å². The second kappa shape index (κ2) is 5.17. The van der Waals surface area contributed by atoms with Crippen molar-refractivity contribution in [3.05, 3.63) is 76.1 Å². The number of aromatic nitrogens is 2. The molecule has 0 bridgehead atoms. The average molecular weight is 279 g/mol. The predicted molar refractivity (Wildman–Crippen MR) is 76.2 cm³/mol. The molecule has 0 aliphatic rings. The second-order valence-corrected chi connectivity index (χ2v) is 4.61. The molecule has 102 valence electrons. The molecule has 2 aromatic carbocycles. The van der Waals surface area contributed by atoms with Crippen molar-refractivity contribution in [3.8, 4) is 6.07 Å². The zero-order chi connectivity index (χ0) is 14.8. The zero-order valence-electron chi connectivity index (χ0n) is 11.0. The largest absolute Gasteiger partial charge is 0.294 e. The minimum Gasteiger partial charge on any atom is -0.294 e. The van der Waals surface area contributed by atoms with Crippen molar-refractivity contribution >= 4 is 10.9 Å². The van der Waals surface area contributed by atoms with Crippen molar-refractivity contribution in [2.75, 3.05) is 0 Å². The lowest BCUT2D eigenvalue weighted by molar-refractivity contribution is 0.595. The minimum absolute atomic E-state index is 0.0397. The molecule has 1 heterocycles. The number of hydrogen-bond acceptors (Lipinski definition) is 3. The third kappa shape index (κ3) is 2.39.